The van der Waals surface area contributed by atoms with E-state index in [0.717, 1.165) is 155 Å². The quantitative estimate of drug-likeness (QED) is 0.0466. The highest BCUT2D eigenvalue weighted by Gasteiger charge is 2.39. The molecule has 2 saturated heterocycles. The van der Waals surface area contributed by atoms with E-state index in [2.05, 4.69) is 4.90 Å². The molecule has 32 heteroatoms. The Labute approximate surface area is 764 Å². The lowest BCUT2D eigenvalue weighted by molar-refractivity contribution is -0.122. The molecular formula is C103H76F15N5O9S3. The lowest BCUT2D eigenvalue weighted by Gasteiger charge is -2.39. The van der Waals surface area contributed by atoms with E-state index in [4.69, 9.17) is 0 Å². The molecule has 18 rings (SSSR count). The summed E-state index contributed by atoms with van der Waals surface area (Å²) in [5.41, 5.74) is 2.41. The van der Waals surface area contributed by atoms with Crippen LogP contribution in [0.1, 0.15) is 95.8 Å². The molecule has 13 aromatic carbocycles. The number of fused-ring (bicyclic) bond motifs is 3. The van der Waals surface area contributed by atoms with Crippen LogP contribution < -0.4 is 9.80 Å². The SMILES string of the molecule is CC(=O)C1CN(c2cccc(-c3c(-c4c(C)cccc4C(F)F)c4cc(F)ccc4n3S(=O)(=O)c3ccc(C(F)F)cc3)c2)C1.CC(=O)C1CN(c2cccc(-c3c(-c4c(C)cccc4C)c4cc(F)ccc4n3S(=O)(=O)c3ccc(C(F)F)cc3)c2)C1.CC(=O)c1cc(F)c(-c2cccc(-c3c(-c4c(F)cccc4F)c4cc(F)ccc4n3S(=O)(=O)c3ccc(C(F)F)cc3)c2)c(F)c1. The Morgan fingerprint density at radius 1 is 0.304 bits per heavy atom. The summed E-state index contributed by atoms with van der Waals surface area (Å²) >= 11 is 0. The molecule has 0 bridgehead atoms. The molecule has 2 fully saturated rings. The Bertz CT molecular complexity index is 7770. The molecule has 3 aromatic heterocycles. The van der Waals surface area contributed by atoms with Crippen LogP contribution in [0.2, 0.25) is 0 Å². The van der Waals surface area contributed by atoms with Crippen LogP contribution in [-0.4, -0.2) is 80.7 Å². The van der Waals surface area contributed by atoms with Crippen LogP contribution >= 0.6 is 0 Å². The molecule has 0 amide bonds. The maximum atomic E-state index is 15.5. The summed E-state index contributed by atoms with van der Waals surface area (Å²) in [7, 11) is -13.7. The zero-order valence-corrected chi connectivity index (χ0v) is 74.4. The third kappa shape index (κ3) is 17.7. The average molecular weight is 1910 g/mol. The molecule has 0 spiro atoms. The molecular weight excluding hydrogens is 1830 g/mol. The van der Waals surface area contributed by atoms with Crippen molar-refractivity contribution in [2.45, 2.75) is 81.9 Å². The molecule has 0 N–H and O–H groups in total. The van der Waals surface area contributed by atoms with Gasteiger partial charge in [-0.05, 0) is 221 Å². The van der Waals surface area contributed by atoms with Crippen LogP contribution in [0.5, 0.6) is 0 Å². The minimum Gasteiger partial charge on any atom is -0.370 e. The van der Waals surface area contributed by atoms with Crippen LogP contribution in [0, 0.1) is 73.3 Å². The van der Waals surface area contributed by atoms with E-state index < -0.39 is 135 Å². The molecule has 0 radical (unpaired) electrons. The topological polar surface area (TPSA) is 175 Å². The second kappa shape index (κ2) is 37.0. The van der Waals surface area contributed by atoms with Crippen molar-refractivity contribution in [1.29, 1.82) is 0 Å². The Kier molecular flexibility index (Phi) is 25.8. The minimum absolute atomic E-state index is 0.00947. The van der Waals surface area contributed by atoms with Crippen molar-refractivity contribution in [2.24, 2.45) is 11.8 Å². The van der Waals surface area contributed by atoms with Crippen molar-refractivity contribution in [1.82, 2.24) is 11.9 Å². The third-order valence-electron chi connectivity index (χ3n) is 24.2. The molecule has 2 aliphatic heterocycles. The Hall–Kier alpha value is -14.1. The van der Waals surface area contributed by atoms with Crippen LogP contribution in [-0.2, 0) is 39.7 Å². The molecule has 14 nitrogen and oxygen atoms in total. The van der Waals surface area contributed by atoms with Gasteiger partial charge in [-0.15, -0.1) is 0 Å². The monoisotopic (exact) mass is 1910 g/mol. The number of Topliss-reactive ketones (excluding diaryl/α,β-unsaturated/α-hetero) is 3. The van der Waals surface area contributed by atoms with Gasteiger partial charge in [0.05, 0.1) is 71.3 Å². The highest BCUT2D eigenvalue weighted by atomic mass is 32.2. The predicted molar refractivity (Wildman–Crippen MR) is 487 cm³/mol. The largest absolute Gasteiger partial charge is 0.370 e. The van der Waals surface area contributed by atoms with E-state index in [-0.39, 0.29) is 111 Å². The molecule has 135 heavy (non-hydrogen) atoms. The second-order valence-electron chi connectivity index (χ2n) is 32.8. The fourth-order valence-electron chi connectivity index (χ4n) is 17.3. The number of carbonyl (C=O) groups is 3. The molecule has 0 unspecified atom stereocenters. The van der Waals surface area contributed by atoms with Crippen LogP contribution in [0.4, 0.5) is 77.2 Å². The first-order chi connectivity index (χ1) is 64.1. The van der Waals surface area contributed by atoms with Gasteiger partial charge in [0.2, 0.25) is 0 Å². The summed E-state index contributed by atoms with van der Waals surface area (Å²) in [6.45, 7) is 11.7. The zero-order chi connectivity index (χ0) is 96.6. The van der Waals surface area contributed by atoms with E-state index in [1.807, 2.05) is 55.1 Å². The number of hydrogen-bond acceptors (Lipinski definition) is 11. The first-order valence-electron chi connectivity index (χ1n) is 41.8. The third-order valence-corrected chi connectivity index (χ3v) is 29.3. The van der Waals surface area contributed by atoms with Gasteiger partial charge in [-0.3, -0.25) is 14.4 Å². The number of ketones is 3. The van der Waals surface area contributed by atoms with Crippen LogP contribution in [0.25, 0.3) is 111 Å². The number of aryl methyl sites for hydroxylation is 3. The molecule has 16 aromatic rings. The van der Waals surface area contributed by atoms with Gasteiger partial charge in [-0.25, -0.2) is 103 Å². The van der Waals surface area contributed by atoms with Gasteiger partial charge in [0.15, 0.2) is 5.78 Å². The van der Waals surface area contributed by atoms with E-state index in [0.29, 0.717) is 69.2 Å². The number of hydrogen-bond donors (Lipinski definition) is 0. The zero-order valence-electron chi connectivity index (χ0n) is 72.0. The summed E-state index contributed by atoms with van der Waals surface area (Å²) in [6.07, 6.45) is -11.4. The molecule has 5 heterocycles. The van der Waals surface area contributed by atoms with Crippen molar-refractivity contribution in [3.8, 4) is 78.3 Å². The molecule has 2 aliphatic rings. The van der Waals surface area contributed by atoms with Crippen molar-refractivity contribution < 1.29 is 105 Å². The van der Waals surface area contributed by atoms with Gasteiger partial charge in [0.25, 0.3) is 55.8 Å². The van der Waals surface area contributed by atoms with E-state index in [1.54, 1.807) is 50.2 Å². The van der Waals surface area contributed by atoms with Crippen molar-refractivity contribution in [2.75, 3.05) is 36.0 Å². The molecule has 0 atom stereocenters. The summed E-state index contributed by atoms with van der Waals surface area (Å²) in [5.74, 6) is -7.19. The summed E-state index contributed by atoms with van der Waals surface area (Å²) in [4.78, 5) is 38.5. The number of halogens is 15. The van der Waals surface area contributed by atoms with Gasteiger partial charge in [-0.1, -0.05) is 121 Å². The van der Waals surface area contributed by atoms with Crippen molar-refractivity contribution >= 4 is 91.5 Å². The molecule has 0 saturated carbocycles. The number of carbonyl (C=O) groups excluding carboxylic acids is 3. The lowest BCUT2D eigenvalue weighted by atomic mass is 9.90. The first kappa shape index (κ1) is 94.1. The van der Waals surface area contributed by atoms with Crippen molar-refractivity contribution in [3.63, 3.8) is 0 Å². The van der Waals surface area contributed by atoms with Crippen LogP contribution in [0.15, 0.2) is 282 Å². The fourth-order valence-corrected chi connectivity index (χ4v) is 21.9. The summed E-state index contributed by atoms with van der Waals surface area (Å²) < 4.78 is 304. The number of alkyl halides is 8. The van der Waals surface area contributed by atoms with Gasteiger partial charge in [0, 0.05) is 115 Å². The Morgan fingerprint density at radius 3 is 0.963 bits per heavy atom. The molecule has 690 valence electrons. The van der Waals surface area contributed by atoms with E-state index in [9.17, 15) is 87.9 Å². The fraction of sp³-hybridized carbons (Fsp3) is 0.155. The van der Waals surface area contributed by atoms with E-state index in [1.165, 1.54) is 83.7 Å². The highest BCUT2D eigenvalue weighted by Crippen LogP contribution is 2.52. The van der Waals surface area contributed by atoms with Gasteiger partial charge >= 0.3 is 0 Å². The maximum absolute atomic E-state index is 15.5. The van der Waals surface area contributed by atoms with Gasteiger partial charge in [-0.2, -0.15) is 0 Å². The van der Waals surface area contributed by atoms with Gasteiger partial charge in [0.1, 0.15) is 52.3 Å². The first-order valence-corrected chi connectivity index (χ1v) is 46.1. The van der Waals surface area contributed by atoms with Crippen LogP contribution in [0.3, 0.4) is 0 Å². The number of nitrogens with zero attached hydrogens (tertiary/aromatic N) is 5. The normalized spacial score (nSPS) is 13.3. The number of aromatic nitrogens is 3. The second-order valence-corrected chi connectivity index (χ2v) is 38.1. The molecule has 0 aliphatic carbocycles. The maximum Gasteiger partial charge on any atom is 0.268 e. The van der Waals surface area contributed by atoms with E-state index >= 15 is 17.6 Å². The standard InChI is InChI=1S/C35H20F7NO3S.C34H27F5N2O3S.C34H29F3N2O3S/c1-18(44)22-15-28(39)31(29(40)16-22)20-4-2-5-21(14-20)34-32(33-26(37)6-3-7-27(33)38)25-17-23(36)10-13-30(25)43(34)47(45,46)24-11-8-19(9-12-24)35(41)42;1-19-5-3-8-27(34(38)39)30(19)31-28-16-24(35)11-14-29(28)41(45(43,44)26-12-9-21(10-13-26)33(36)37)32(31)22-6-4-7-25(15-22)40-17-23(18-40)20(2)42;1-20-6-4-7-21(2)31(20)32-29-17-26(35)12-15-30(29)39(43(41,42)28-13-10-23(11-14-28)34(36)37)33(32)24-8-5-9-27(16-24)38-18-25(19-38)22(3)40/h2-17,35H,1H3;3-16,23,33-34H,17-18H2,1-2H3;4-17,25,34H,18-19H2,1-3H3. The minimum atomic E-state index is -4.80. The summed E-state index contributed by atoms with van der Waals surface area (Å²) in [5, 5.41) is 0.261. The lowest BCUT2D eigenvalue weighted by Crippen LogP contribution is -2.49. The average Bonchev–Trinajstić information content (AvgIpc) is 1.56. The highest BCUT2D eigenvalue weighted by molar-refractivity contribution is 7.91. The number of rotatable bonds is 22. The number of anilines is 2. The summed E-state index contributed by atoms with van der Waals surface area (Å²) in [6, 6.07) is 56.7. The number of benzene rings is 13. The smallest absolute Gasteiger partial charge is 0.268 e. The Balaban J connectivity index is 0.000000147. The Morgan fingerprint density at radius 2 is 0.615 bits per heavy atom. The predicted octanol–water partition coefficient (Wildman–Crippen LogP) is 26.2. The van der Waals surface area contributed by atoms with Gasteiger partial charge < -0.3 is 9.80 Å². The van der Waals surface area contributed by atoms with Crippen molar-refractivity contribution in [3.05, 3.63) is 352 Å².